The van der Waals surface area contributed by atoms with E-state index in [-0.39, 0.29) is 28.6 Å². The van der Waals surface area contributed by atoms with Crippen molar-refractivity contribution in [3.05, 3.63) is 72.3 Å². The summed E-state index contributed by atoms with van der Waals surface area (Å²) in [5.74, 6) is 0.741. The van der Waals surface area contributed by atoms with Crippen LogP contribution in [-0.2, 0) is 4.79 Å². The van der Waals surface area contributed by atoms with E-state index in [0.717, 1.165) is 0 Å². The Kier molecular flexibility index (Phi) is 6.98. The van der Waals surface area contributed by atoms with Crippen LogP contribution in [0.15, 0.2) is 61.4 Å². The van der Waals surface area contributed by atoms with Gasteiger partial charge < -0.3 is 24.0 Å². The number of carbonyl (C=O) groups is 1. The number of benzene rings is 2. The average Bonchev–Trinajstić information content (AvgIpc) is 3.47. The van der Waals surface area contributed by atoms with Crippen LogP contribution in [0.25, 0.3) is 21.8 Å². The van der Waals surface area contributed by atoms with Gasteiger partial charge in [0.2, 0.25) is 11.8 Å². The fraction of sp³-hybridized carbons (Fsp3) is 0.179. The Labute approximate surface area is 238 Å². The van der Waals surface area contributed by atoms with Crippen molar-refractivity contribution in [3.8, 4) is 29.1 Å². The van der Waals surface area contributed by atoms with E-state index in [1.54, 1.807) is 35.4 Å². The molecule has 0 aliphatic carbocycles. The molecular weight excluding hydrogens is 553 g/mol. The molecule has 0 saturated carbocycles. The first-order valence-electron chi connectivity index (χ1n) is 12.6. The van der Waals surface area contributed by atoms with Crippen molar-refractivity contribution in [3.63, 3.8) is 0 Å². The van der Waals surface area contributed by atoms with Gasteiger partial charge in [-0.3, -0.25) is 9.89 Å². The Bertz CT molecular complexity index is 1790. The van der Waals surface area contributed by atoms with E-state index in [2.05, 4.69) is 26.7 Å². The fourth-order valence-electron chi connectivity index (χ4n) is 4.63. The average molecular weight is 576 g/mol. The van der Waals surface area contributed by atoms with Gasteiger partial charge in [0.05, 0.1) is 29.6 Å². The minimum atomic E-state index is -0.680. The molecule has 1 aliphatic rings. The molecule has 0 spiro atoms. The van der Waals surface area contributed by atoms with Crippen LogP contribution in [0.2, 0.25) is 5.02 Å². The number of fused-ring (bicyclic) bond motifs is 2. The van der Waals surface area contributed by atoms with E-state index in [0.29, 0.717) is 65.3 Å². The number of piperazine rings is 1. The zero-order valence-electron chi connectivity index (χ0n) is 21.8. The smallest absolute Gasteiger partial charge is 0.324 e. The number of hydrogen-bond acceptors (Lipinski definition) is 9. The summed E-state index contributed by atoms with van der Waals surface area (Å²) in [6.45, 7) is 5.54. The van der Waals surface area contributed by atoms with Crippen LogP contribution < -0.4 is 19.1 Å². The number of nitrogens with one attached hydrogen (secondary N) is 1. The molecule has 0 bridgehead atoms. The molecule has 1 saturated heterocycles. The normalized spacial score (nSPS) is 13.4. The summed E-state index contributed by atoms with van der Waals surface area (Å²) in [7, 11) is 1.54. The maximum absolute atomic E-state index is 14.6. The second-order valence-electron chi connectivity index (χ2n) is 9.05. The van der Waals surface area contributed by atoms with Gasteiger partial charge in [0.1, 0.15) is 22.2 Å². The molecule has 3 aromatic heterocycles. The highest BCUT2D eigenvalue weighted by molar-refractivity contribution is 6.33. The van der Waals surface area contributed by atoms with Gasteiger partial charge in [-0.15, -0.1) is 0 Å². The standard InChI is InChI=1S/C28H23ClFN7O4/c1-3-22(38)36-10-12-37(13-11-36)26-16-8-9-31-27(41-25-17-15-32-35-19(17)14-18(30)23(25)29)24(16)33-28(34-26)40-21-7-5-4-6-20(21)39-2/h3-9,14-15H,1,10-13H2,2H3,(H,32,35). The summed E-state index contributed by atoms with van der Waals surface area (Å²) in [6, 6.07) is 10.1. The molecule has 208 valence electrons. The number of amides is 1. The number of pyridine rings is 1. The summed E-state index contributed by atoms with van der Waals surface area (Å²) in [4.78, 5) is 29.7. The van der Waals surface area contributed by atoms with Gasteiger partial charge in [0.15, 0.2) is 17.2 Å². The van der Waals surface area contributed by atoms with Crippen molar-refractivity contribution in [2.75, 3.05) is 38.2 Å². The van der Waals surface area contributed by atoms with Gasteiger partial charge in [0.25, 0.3) is 0 Å². The molecule has 1 aliphatic heterocycles. The van der Waals surface area contributed by atoms with Crippen LogP contribution in [0.1, 0.15) is 0 Å². The number of methoxy groups -OCH3 is 1. The largest absolute Gasteiger partial charge is 0.493 e. The maximum atomic E-state index is 14.6. The van der Waals surface area contributed by atoms with Gasteiger partial charge in [-0.25, -0.2) is 9.37 Å². The van der Waals surface area contributed by atoms with Crippen LogP contribution in [0, 0.1) is 5.82 Å². The summed E-state index contributed by atoms with van der Waals surface area (Å²) in [5.41, 5.74) is 0.716. The SMILES string of the molecule is C=CC(=O)N1CCN(c2nc(Oc3ccccc3OC)nc3c(Oc4c(Cl)c(F)cc5[nH]ncc45)nccc23)CC1. The third-order valence-electron chi connectivity index (χ3n) is 6.67. The third kappa shape index (κ3) is 4.93. The number of hydrogen-bond donors (Lipinski definition) is 1. The molecule has 6 rings (SSSR count). The molecule has 41 heavy (non-hydrogen) atoms. The van der Waals surface area contributed by atoms with E-state index >= 15 is 0 Å². The third-order valence-corrected chi connectivity index (χ3v) is 7.02. The molecule has 0 unspecified atom stereocenters. The van der Waals surface area contributed by atoms with Crippen LogP contribution in [-0.4, -0.2) is 69.2 Å². The number of H-pyrrole nitrogens is 1. The summed E-state index contributed by atoms with van der Waals surface area (Å²) < 4.78 is 32.3. The monoisotopic (exact) mass is 575 g/mol. The van der Waals surface area contributed by atoms with Crippen molar-refractivity contribution in [1.29, 1.82) is 0 Å². The van der Waals surface area contributed by atoms with Crippen molar-refractivity contribution >= 4 is 45.1 Å². The molecule has 4 heterocycles. The number of aromatic amines is 1. The highest BCUT2D eigenvalue weighted by Gasteiger charge is 2.25. The zero-order chi connectivity index (χ0) is 28.5. The number of anilines is 1. The highest BCUT2D eigenvalue weighted by atomic mass is 35.5. The Morgan fingerprint density at radius 3 is 2.63 bits per heavy atom. The van der Waals surface area contributed by atoms with Crippen LogP contribution in [0.5, 0.6) is 29.1 Å². The summed E-state index contributed by atoms with van der Waals surface area (Å²) >= 11 is 6.32. The molecular formula is C28H23ClFN7O4. The van der Waals surface area contributed by atoms with E-state index in [4.69, 9.17) is 30.8 Å². The molecule has 2 aromatic carbocycles. The lowest BCUT2D eigenvalue weighted by atomic mass is 10.2. The first-order chi connectivity index (χ1) is 20.0. The molecule has 5 aromatic rings. The molecule has 1 N–H and O–H groups in total. The lowest BCUT2D eigenvalue weighted by molar-refractivity contribution is -0.126. The van der Waals surface area contributed by atoms with Gasteiger partial charge >= 0.3 is 6.01 Å². The fourth-order valence-corrected chi connectivity index (χ4v) is 4.82. The molecule has 1 fully saturated rings. The van der Waals surface area contributed by atoms with Gasteiger partial charge in [-0.05, 0) is 24.3 Å². The van der Waals surface area contributed by atoms with E-state index < -0.39 is 5.82 Å². The number of carbonyl (C=O) groups excluding carboxylic acids is 1. The van der Waals surface area contributed by atoms with Gasteiger partial charge in [-0.2, -0.15) is 15.1 Å². The van der Waals surface area contributed by atoms with Crippen LogP contribution in [0.3, 0.4) is 0 Å². The summed E-state index contributed by atoms with van der Waals surface area (Å²) in [5, 5.41) is 7.56. The van der Waals surface area contributed by atoms with Gasteiger partial charge in [0, 0.05) is 38.4 Å². The Balaban J connectivity index is 1.47. The van der Waals surface area contributed by atoms with Crippen molar-refractivity contribution in [2.45, 2.75) is 0 Å². The number of nitrogens with zero attached hydrogens (tertiary/aromatic N) is 6. The quantitative estimate of drug-likeness (QED) is 0.264. The number of aromatic nitrogens is 5. The molecule has 0 atom stereocenters. The summed E-state index contributed by atoms with van der Waals surface area (Å²) in [6.07, 6.45) is 4.34. The highest BCUT2D eigenvalue weighted by Crippen LogP contribution is 2.41. The predicted molar refractivity (Wildman–Crippen MR) is 151 cm³/mol. The number of rotatable bonds is 7. The predicted octanol–water partition coefficient (Wildman–Crippen LogP) is 5.12. The molecule has 13 heteroatoms. The first-order valence-corrected chi connectivity index (χ1v) is 13.0. The lowest BCUT2D eigenvalue weighted by Crippen LogP contribution is -2.48. The minimum absolute atomic E-state index is 0.0123. The molecule has 0 radical (unpaired) electrons. The number of ether oxygens (including phenoxy) is 3. The number of halogens is 2. The zero-order valence-corrected chi connectivity index (χ0v) is 22.6. The van der Waals surface area contributed by atoms with Gasteiger partial charge in [-0.1, -0.05) is 30.3 Å². The van der Waals surface area contributed by atoms with Crippen molar-refractivity contribution in [2.24, 2.45) is 0 Å². The number of para-hydroxylation sites is 2. The van der Waals surface area contributed by atoms with Crippen LogP contribution in [0.4, 0.5) is 10.2 Å². The first kappa shape index (κ1) is 26.3. The van der Waals surface area contributed by atoms with Crippen molar-refractivity contribution in [1.82, 2.24) is 30.0 Å². The molecule has 1 amide bonds. The topological polar surface area (TPSA) is 119 Å². The van der Waals surface area contributed by atoms with E-state index in [9.17, 15) is 9.18 Å². The molecule has 11 nitrogen and oxygen atoms in total. The Hall–Kier alpha value is -4.97. The van der Waals surface area contributed by atoms with E-state index in [1.807, 2.05) is 11.0 Å². The second kappa shape index (κ2) is 10.9. The Morgan fingerprint density at radius 2 is 1.88 bits per heavy atom. The second-order valence-corrected chi connectivity index (χ2v) is 9.42. The Morgan fingerprint density at radius 1 is 1.10 bits per heavy atom. The van der Waals surface area contributed by atoms with Crippen molar-refractivity contribution < 1.29 is 23.4 Å². The maximum Gasteiger partial charge on any atom is 0.324 e. The minimum Gasteiger partial charge on any atom is -0.493 e. The lowest BCUT2D eigenvalue weighted by Gasteiger charge is -2.35. The van der Waals surface area contributed by atoms with E-state index in [1.165, 1.54) is 25.4 Å². The van der Waals surface area contributed by atoms with Crippen LogP contribution >= 0.6 is 11.6 Å².